The molecule has 0 radical (unpaired) electrons. The molecule has 1 atom stereocenters. The third kappa shape index (κ3) is 7.99. The van der Waals surface area contributed by atoms with E-state index in [0.29, 0.717) is 42.7 Å². The maximum Gasteiger partial charge on any atom is 0.221 e. The highest BCUT2D eigenvalue weighted by atomic mass is 16.5. The fourth-order valence-corrected chi connectivity index (χ4v) is 6.58. The number of unbranched alkanes of at least 4 members (excludes halogenated alkanes) is 1. The van der Waals surface area contributed by atoms with E-state index < -0.39 is 0 Å². The molecule has 2 aromatic heterocycles. The molecule has 246 valence electrons. The number of carbonyl (C=O) groups is 1. The Bertz CT molecular complexity index is 1430. The van der Waals surface area contributed by atoms with Crippen molar-refractivity contribution in [1.82, 2.24) is 30.1 Å². The smallest absolute Gasteiger partial charge is 0.221 e. The number of benzene rings is 1. The van der Waals surface area contributed by atoms with Gasteiger partial charge in [-0.1, -0.05) is 20.3 Å². The molecule has 45 heavy (non-hydrogen) atoms. The van der Waals surface area contributed by atoms with Crippen molar-refractivity contribution in [2.45, 2.75) is 65.5 Å². The van der Waals surface area contributed by atoms with Gasteiger partial charge in [-0.3, -0.25) is 14.6 Å². The van der Waals surface area contributed by atoms with Crippen molar-refractivity contribution in [3.05, 3.63) is 35.4 Å². The highest BCUT2D eigenvalue weighted by molar-refractivity contribution is 5.92. The maximum atomic E-state index is 13.0. The molecule has 1 saturated heterocycles. The number of methoxy groups -OCH3 is 3. The number of rotatable bonds is 9. The van der Waals surface area contributed by atoms with E-state index in [1.807, 2.05) is 12.3 Å². The average Bonchev–Trinajstić information content (AvgIpc) is 3.52. The standard InChI is InChI=1S/C34H51N7O4/c1-6-8-11-30-35-20-26(37-30)23-40-14-12-31(42)36-19-24-10-9-13-41(21-24)34-25(22-39(7-2)15-16-40)17-27-28(38-34)18-29(43-3)33(45-5)32(27)44-4/h17-18,20,24H,6-16,19,21-23H2,1-5H3,(H,35,37)(H,36,42). The molecule has 0 aliphatic carbocycles. The molecule has 11 nitrogen and oxygen atoms in total. The first-order chi connectivity index (χ1) is 22.0. The van der Waals surface area contributed by atoms with Crippen LogP contribution in [0, 0.1) is 5.92 Å². The molecule has 4 heterocycles. The molecule has 2 aliphatic heterocycles. The maximum absolute atomic E-state index is 13.0. The first-order valence-corrected chi connectivity index (χ1v) is 16.6. The van der Waals surface area contributed by atoms with Gasteiger partial charge in [-0.05, 0) is 37.8 Å². The number of nitrogens with zero attached hydrogens (tertiary/aromatic N) is 5. The van der Waals surface area contributed by atoms with Crippen LogP contribution in [0.15, 0.2) is 18.3 Å². The summed E-state index contributed by atoms with van der Waals surface area (Å²) in [5.74, 6) is 4.31. The molecule has 0 spiro atoms. The number of hydrogen-bond donors (Lipinski definition) is 2. The molecule has 5 rings (SSSR count). The lowest BCUT2D eigenvalue weighted by atomic mass is 9.97. The Hall–Kier alpha value is -3.57. The predicted octanol–water partition coefficient (Wildman–Crippen LogP) is 4.39. The van der Waals surface area contributed by atoms with Crippen LogP contribution in [0.2, 0.25) is 0 Å². The minimum Gasteiger partial charge on any atom is -0.493 e. The summed E-state index contributed by atoms with van der Waals surface area (Å²) in [4.78, 5) is 33.7. The van der Waals surface area contributed by atoms with E-state index in [1.54, 1.807) is 21.3 Å². The number of piperidine rings is 1. The second-order valence-electron chi connectivity index (χ2n) is 12.3. The summed E-state index contributed by atoms with van der Waals surface area (Å²) in [5.41, 5.74) is 3.07. The van der Waals surface area contributed by atoms with Crippen molar-refractivity contribution in [3.8, 4) is 17.2 Å². The van der Waals surface area contributed by atoms with Gasteiger partial charge >= 0.3 is 0 Å². The van der Waals surface area contributed by atoms with E-state index in [-0.39, 0.29) is 5.91 Å². The fraction of sp³-hybridized carbons (Fsp3) is 0.618. The van der Waals surface area contributed by atoms with E-state index in [0.717, 1.165) is 112 Å². The van der Waals surface area contributed by atoms with E-state index in [1.165, 1.54) is 0 Å². The Balaban J connectivity index is 1.48. The second kappa shape index (κ2) is 15.6. The third-order valence-electron chi connectivity index (χ3n) is 9.16. The lowest BCUT2D eigenvalue weighted by Gasteiger charge is -2.35. The third-order valence-corrected chi connectivity index (χ3v) is 9.16. The van der Waals surface area contributed by atoms with Crippen LogP contribution >= 0.6 is 0 Å². The highest BCUT2D eigenvalue weighted by Gasteiger charge is 2.27. The number of anilines is 1. The average molecular weight is 622 g/mol. The number of aromatic nitrogens is 3. The quantitative estimate of drug-likeness (QED) is 0.360. The zero-order chi connectivity index (χ0) is 31.8. The number of aromatic amines is 1. The Kier molecular flexibility index (Phi) is 11.4. The van der Waals surface area contributed by atoms with Crippen molar-refractivity contribution < 1.29 is 19.0 Å². The Morgan fingerprint density at radius 3 is 2.58 bits per heavy atom. The Morgan fingerprint density at radius 1 is 1.00 bits per heavy atom. The summed E-state index contributed by atoms with van der Waals surface area (Å²) in [6.07, 6.45) is 7.82. The van der Waals surface area contributed by atoms with Crippen LogP contribution in [0.25, 0.3) is 10.9 Å². The van der Waals surface area contributed by atoms with Gasteiger partial charge in [0.25, 0.3) is 0 Å². The van der Waals surface area contributed by atoms with E-state index in [4.69, 9.17) is 19.2 Å². The molecule has 2 aliphatic rings. The summed E-state index contributed by atoms with van der Waals surface area (Å²) < 4.78 is 17.2. The molecular formula is C34H51N7O4. The molecule has 3 aromatic rings. The summed E-state index contributed by atoms with van der Waals surface area (Å²) in [6.45, 7) is 11.7. The van der Waals surface area contributed by atoms with Gasteiger partial charge in [0, 0.05) is 94.1 Å². The lowest BCUT2D eigenvalue weighted by molar-refractivity contribution is -0.121. The largest absolute Gasteiger partial charge is 0.493 e. The second-order valence-corrected chi connectivity index (χ2v) is 12.3. The van der Waals surface area contributed by atoms with Gasteiger partial charge in [-0.15, -0.1) is 0 Å². The first kappa shape index (κ1) is 32.8. The molecule has 0 saturated carbocycles. The van der Waals surface area contributed by atoms with Gasteiger partial charge in [-0.2, -0.15) is 0 Å². The number of fused-ring (bicyclic) bond motifs is 5. The Morgan fingerprint density at radius 2 is 1.82 bits per heavy atom. The minimum absolute atomic E-state index is 0.116. The van der Waals surface area contributed by atoms with Crippen LogP contribution in [0.1, 0.15) is 63.0 Å². The molecule has 2 bridgehead atoms. The number of aryl methyl sites for hydroxylation is 1. The molecule has 11 heteroatoms. The van der Waals surface area contributed by atoms with Gasteiger partial charge in [0.05, 0.1) is 26.8 Å². The molecular weight excluding hydrogens is 570 g/mol. The zero-order valence-electron chi connectivity index (χ0n) is 27.8. The van der Waals surface area contributed by atoms with E-state index >= 15 is 0 Å². The summed E-state index contributed by atoms with van der Waals surface area (Å²) in [7, 11) is 4.93. The van der Waals surface area contributed by atoms with Crippen molar-refractivity contribution in [2.75, 3.05) is 72.0 Å². The topological polar surface area (TPSA) is 108 Å². The van der Waals surface area contributed by atoms with Crippen LogP contribution in [-0.4, -0.2) is 97.8 Å². The van der Waals surface area contributed by atoms with Gasteiger partial charge in [-0.25, -0.2) is 9.97 Å². The van der Waals surface area contributed by atoms with Crippen molar-refractivity contribution >= 4 is 22.6 Å². The van der Waals surface area contributed by atoms with Gasteiger partial charge < -0.3 is 29.4 Å². The van der Waals surface area contributed by atoms with Crippen molar-refractivity contribution in [2.24, 2.45) is 5.92 Å². The SMILES string of the molecule is CCCCc1ncc(CN2CCC(=O)NCC3CCCN(C3)c3nc4cc(OC)c(OC)c(OC)c4cc3CN(CC)CC2)[nH]1. The van der Waals surface area contributed by atoms with E-state index in [2.05, 4.69) is 49.9 Å². The van der Waals surface area contributed by atoms with Gasteiger partial charge in [0.15, 0.2) is 11.5 Å². The monoisotopic (exact) mass is 621 g/mol. The number of amides is 1. The number of pyridine rings is 1. The van der Waals surface area contributed by atoms with Gasteiger partial charge in [0.1, 0.15) is 11.6 Å². The Labute approximate surface area is 267 Å². The van der Waals surface area contributed by atoms with Crippen molar-refractivity contribution in [1.29, 1.82) is 0 Å². The van der Waals surface area contributed by atoms with E-state index in [9.17, 15) is 4.79 Å². The summed E-state index contributed by atoms with van der Waals surface area (Å²) >= 11 is 0. The molecule has 1 unspecified atom stereocenters. The first-order valence-electron chi connectivity index (χ1n) is 16.6. The number of imidazole rings is 1. The number of ether oxygens (including phenoxy) is 3. The fourth-order valence-electron chi connectivity index (χ4n) is 6.58. The number of hydrogen-bond acceptors (Lipinski definition) is 9. The summed E-state index contributed by atoms with van der Waals surface area (Å²) in [6, 6.07) is 4.16. The summed E-state index contributed by atoms with van der Waals surface area (Å²) in [5, 5.41) is 4.15. The van der Waals surface area contributed by atoms with Crippen LogP contribution in [0.5, 0.6) is 17.2 Å². The normalized spacial score (nSPS) is 19.0. The van der Waals surface area contributed by atoms with Crippen LogP contribution < -0.4 is 24.4 Å². The predicted molar refractivity (Wildman–Crippen MR) is 177 cm³/mol. The zero-order valence-corrected chi connectivity index (χ0v) is 27.8. The van der Waals surface area contributed by atoms with Gasteiger partial charge in [0.2, 0.25) is 11.7 Å². The molecule has 1 aromatic carbocycles. The highest BCUT2D eigenvalue weighted by Crippen LogP contribution is 2.44. The van der Waals surface area contributed by atoms with Crippen LogP contribution in [0.3, 0.4) is 0 Å². The molecule has 1 amide bonds. The van der Waals surface area contributed by atoms with Crippen LogP contribution in [0.4, 0.5) is 5.82 Å². The number of H-pyrrole nitrogens is 1. The molecule has 1 fully saturated rings. The lowest BCUT2D eigenvalue weighted by Crippen LogP contribution is -2.42. The minimum atomic E-state index is 0.116. The number of carbonyl (C=O) groups excluding carboxylic acids is 1. The van der Waals surface area contributed by atoms with Crippen LogP contribution in [-0.2, 0) is 24.3 Å². The molecule has 2 N–H and O–H groups in total. The van der Waals surface area contributed by atoms with Crippen molar-refractivity contribution in [3.63, 3.8) is 0 Å². The number of likely N-dealkylation sites (N-methyl/N-ethyl adjacent to an activating group) is 1. The number of nitrogens with one attached hydrogen (secondary N) is 2.